The lowest BCUT2D eigenvalue weighted by Gasteiger charge is -2.05. The Morgan fingerprint density at radius 3 is 2.74 bits per heavy atom. The SMILES string of the molecule is CCn1c(SCC(=O)O)nnc1-c1cn(C)nc1C. The van der Waals surface area contributed by atoms with Gasteiger partial charge in [0.15, 0.2) is 11.0 Å². The van der Waals surface area contributed by atoms with Gasteiger partial charge in [-0.25, -0.2) is 0 Å². The fraction of sp³-hybridized carbons (Fsp3) is 0.455. The molecule has 0 aliphatic rings. The molecule has 0 fully saturated rings. The Morgan fingerprint density at radius 2 is 2.21 bits per heavy atom. The summed E-state index contributed by atoms with van der Waals surface area (Å²) in [5.41, 5.74) is 1.79. The third kappa shape index (κ3) is 2.78. The summed E-state index contributed by atoms with van der Waals surface area (Å²) in [6.07, 6.45) is 1.89. The zero-order chi connectivity index (χ0) is 14.0. The van der Waals surface area contributed by atoms with Crippen LogP contribution in [0.2, 0.25) is 0 Å². The van der Waals surface area contributed by atoms with Crippen LogP contribution in [-0.4, -0.2) is 41.4 Å². The number of carbonyl (C=O) groups is 1. The molecule has 0 radical (unpaired) electrons. The zero-order valence-electron chi connectivity index (χ0n) is 11.0. The van der Waals surface area contributed by atoms with Gasteiger partial charge in [0.2, 0.25) is 0 Å². The third-order valence-electron chi connectivity index (χ3n) is 2.61. The highest BCUT2D eigenvalue weighted by Crippen LogP contribution is 2.25. The number of hydrogen-bond donors (Lipinski definition) is 1. The van der Waals surface area contributed by atoms with Crippen molar-refractivity contribution in [3.63, 3.8) is 0 Å². The summed E-state index contributed by atoms with van der Waals surface area (Å²) < 4.78 is 3.63. The second-order valence-electron chi connectivity index (χ2n) is 4.03. The predicted octanol–water partition coefficient (Wildman–Crippen LogP) is 1.18. The van der Waals surface area contributed by atoms with E-state index in [4.69, 9.17) is 5.11 Å². The van der Waals surface area contributed by atoms with Crippen LogP contribution < -0.4 is 0 Å². The fourth-order valence-electron chi connectivity index (χ4n) is 1.83. The zero-order valence-corrected chi connectivity index (χ0v) is 11.8. The highest BCUT2D eigenvalue weighted by atomic mass is 32.2. The van der Waals surface area contributed by atoms with E-state index in [1.54, 1.807) is 4.68 Å². The van der Waals surface area contributed by atoms with Gasteiger partial charge in [0.1, 0.15) is 0 Å². The number of aryl methyl sites for hydroxylation is 2. The Bertz CT molecular complexity index is 604. The highest BCUT2D eigenvalue weighted by Gasteiger charge is 2.17. The molecule has 2 aromatic heterocycles. The van der Waals surface area contributed by atoms with Gasteiger partial charge in [0, 0.05) is 19.8 Å². The number of aliphatic carboxylic acids is 1. The van der Waals surface area contributed by atoms with Crippen molar-refractivity contribution in [2.24, 2.45) is 7.05 Å². The van der Waals surface area contributed by atoms with Gasteiger partial charge >= 0.3 is 5.97 Å². The molecule has 0 saturated heterocycles. The summed E-state index contributed by atoms with van der Waals surface area (Å²) in [5, 5.41) is 21.8. The maximum absolute atomic E-state index is 10.6. The number of nitrogens with zero attached hydrogens (tertiary/aromatic N) is 5. The second-order valence-corrected chi connectivity index (χ2v) is 4.98. The molecule has 102 valence electrons. The number of aromatic nitrogens is 5. The average Bonchev–Trinajstić information content (AvgIpc) is 2.89. The summed E-state index contributed by atoms with van der Waals surface area (Å²) in [6.45, 7) is 4.57. The minimum Gasteiger partial charge on any atom is -0.481 e. The fourth-order valence-corrected chi connectivity index (χ4v) is 2.55. The smallest absolute Gasteiger partial charge is 0.313 e. The van der Waals surface area contributed by atoms with E-state index in [2.05, 4.69) is 15.3 Å². The molecule has 1 N–H and O–H groups in total. The quantitative estimate of drug-likeness (QED) is 0.828. The molecule has 0 aromatic carbocycles. The van der Waals surface area contributed by atoms with Crippen LogP contribution in [0.3, 0.4) is 0 Å². The van der Waals surface area contributed by atoms with Gasteiger partial charge in [-0.15, -0.1) is 10.2 Å². The molecular weight excluding hydrogens is 266 g/mol. The highest BCUT2D eigenvalue weighted by molar-refractivity contribution is 7.99. The Hall–Kier alpha value is -1.83. The van der Waals surface area contributed by atoms with Gasteiger partial charge in [-0.2, -0.15) is 5.10 Å². The Kier molecular flexibility index (Phi) is 3.89. The van der Waals surface area contributed by atoms with Gasteiger partial charge in [0.05, 0.1) is 17.0 Å². The van der Waals surface area contributed by atoms with Gasteiger partial charge in [-0.05, 0) is 13.8 Å². The number of hydrogen-bond acceptors (Lipinski definition) is 5. The van der Waals surface area contributed by atoms with E-state index in [0.717, 1.165) is 17.1 Å². The lowest BCUT2D eigenvalue weighted by molar-refractivity contribution is -0.133. The summed E-state index contributed by atoms with van der Waals surface area (Å²) in [6, 6.07) is 0. The maximum Gasteiger partial charge on any atom is 0.313 e. The normalized spacial score (nSPS) is 10.9. The third-order valence-corrected chi connectivity index (χ3v) is 3.56. The second kappa shape index (κ2) is 5.43. The van der Waals surface area contributed by atoms with Crippen molar-refractivity contribution >= 4 is 17.7 Å². The molecule has 8 heteroatoms. The lowest BCUT2D eigenvalue weighted by atomic mass is 10.2. The first-order chi connectivity index (χ1) is 9.02. The van der Waals surface area contributed by atoms with Crippen LogP contribution in [0.4, 0.5) is 0 Å². The summed E-state index contributed by atoms with van der Waals surface area (Å²) in [5.74, 6) is -0.166. The van der Waals surface area contributed by atoms with E-state index >= 15 is 0 Å². The topological polar surface area (TPSA) is 85.8 Å². The van der Waals surface area contributed by atoms with E-state index < -0.39 is 5.97 Å². The molecule has 2 rings (SSSR count). The van der Waals surface area contributed by atoms with Crippen molar-refractivity contribution in [3.05, 3.63) is 11.9 Å². The van der Waals surface area contributed by atoms with Crippen molar-refractivity contribution in [1.29, 1.82) is 0 Å². The number of thioether (sulfide) groups is 1. The first-order valence-electron chi connectivity index (χ1n) is 5.81. The molecule has 0 saturated carbocycles. The van der Waals surface area contributed by atoms with E-state index in [1.165, 1.54) is 11.8 Å². The minimum atomic E-state index is -0.866. The van der Waals surface area contributed by atoms with Crippen LogP contribution >= 0.6 is 11.8 Å². The van der Waals surface area contributed by atoms with E-state index in [9.17, 15) is 4.79 Å². The molecule has 0 bridgehead atoms. The van der Waals surface area contributed by atoms with Crippen molar-refractivity contribution in [3.8, 4) is 11.4 Å². The van der Waals surface area contributed by atoms with Crippen LogP contribution in [0.15, 0.2) is 11.4 Å². The molecule has 7 nitrogen and oxygen atoms in total. The van der Waals surface area contributed by atoms with Gasteiger partial charge in [0.25, 0.3) is 0 Å². The minimum absolute atomic E-state index is 0.0237. The molecule has 0 atom stereocenters. The molecule has 0 spiro atoms. The van der Waals surface area contributed by atoms with Crippen molar-refractivity contribution in [1.82, 2.24) is 24.5 Å². The standard InChI is InChI=1S/C11H15N5O2S/c1-4-16-10(8-5-15(3)14-7(8)2)12-13-11(16)19-6-9(17)18/h5H,4,6H2,1-3H3,(H,17,18). The Morgan fingerprint density at radius 1 is 1.47 bits per heavy atom. The molecule has 0 unspecified atom stereocenters. The van der Waals surface area contributed by atoms with Crippen LogP contribution in [-0.2, 0) is 18.4 Å². The van der Waals surface area contributed by atoms with Crippen LogP contribution in [0.5, 0.6) is 0 Å². The number of carboxylic acids is 1. The molecule has 2 aromatic rings. The molecule has 2 heterocycles. The predicted molar refractivity (Wildman–Crippen MR) is 71.0 cm³/mol. The summed E-state index contributed by atoms with van der Waals surface area (Å²) in [4.78, 5) is 10.6. The van der Waals surface area contributed by atoms with E-state index in [1.807, 2.05) is 31.7 Å². The molecule has 0 aliphatic heterocycles. The molecule has 0 amide bonds. The first kappa shape index (κ1) is 13.6. The van der Waals surface area contributed by atoms with Crippen LogP contribution in [0.25, 0.3) is 11.4 Å². The van der Waals surface area contributed by atoms with Crippen molar-refractivity contribution in [2.75, 3.05) is 5.75 Å². The summed E-state index contributed by atoms with van der Waals surface area (Å²) >= 11 is 1.17. The van der Waals surface area contributed by atoms with Crippen LogP contribution in [0, 0.1) is 6.92 Å². The molecular formula is C11H15N5O2S. The van der Waals surface area contributed by atoms with E-state index in [0.29, 0.717) is 11.7 Å². The van der Waals surface area contributed by atoms with Gasteiger partial charge in [-0.1, -0.05) is 11.8 Å². The maximum atomic E-state index is 10.6. The number of rotatable bonds is 5. The summed E-state index contributed by atoms with van der Waals surface area (Å²) in [7, 11) is 1.85. The van der Waals surface area contributed by atoms with Gasteiger partial charge in [-0.3, -0.25) is 9.48 Å². The van der Waals surface area contributed by atoms with Crippen molar-refractivity contribution in [2.45, 2.75) is 25.5 Å². The molecule has 19 heavy (non-hydrogen) atoms. The van der Waals surface area contributed by atoms with Crippen molar-refractivity contribution < 1.29 is 9.90 Å². The lowest BCUT2D eigenvalue weighted by Crippen LogP contribution is -2.03. The molecule has 0 aliphatic carbocycles. The Labute approximate surface area is 114 Å². The monoisotopic (exact) mass is 281 g/mol. The van der Waals surface area contributed by atoms with Gasteiger partial charge < -0.3 is 9.67 Å². The van der Waals surface area contributed by atoms with Crippen LogP contribution in [0.1, 0.15) is 12.6 Å². The largest absolute Gasteiger partial charge is 0.481 e. The Balaban J connectivity index is 2.36. The number of carboxylic acid groups (broad SMARTS) is 1. The van der Waals surface area contributed by atoms with E-state index in [-0.39, 0.29) is 5.75 Å². The first-order valence-corrected chi connectivity index (χ1v) is 6.80. The average molecular weight is 281 g/mol.